The highest BCUT2D eigenvalue weighted by molar-refractivity contribution is 7.13. The van der Waals surface area contributed by atoms with Crippen LogP contribution in [0.3, 0.4) is 0 Å². The van der Waals surface area contributed by atoms with Gasteiger partial charge in [-0.3, -0.25) is 0 Å². The quantitative estimate of drug-likeness (QED) is 0.438. The van der Waals surface area contributed by atoms with Crippen molar-refractivity contribution in [2.45, 2.75) is 80.1 Å². The van der Waals surface area contributed by atoms with Gasteiger partial charge in [-0.2, -0.15) is 10.5 Å². The maximum Gasteiger partial charge on any atom is 0.138 e. The second-order valence-corrected chi connectivity index (χ2v) is 9.08. The number of nitriles is 2. The normalized spacial score (nSPS) is 10.6. The van der Waals surface area contributed by atoms with E-state index in [1.54, 1.807) is 0 Å². The summed E-state index contributed by atoms with van der Waals surface area (Å²) in [5, 5.41) is 19.8. The summed E-state index contributed by atoms with van der Waals surface area (Å²) < 4.78 is 0. The van der Waals surface area contributed by atoms with E-state index in [0.717, 1.165) is 44.1 Å². The van der Waals surface area contributed by atoms with Gasteiger partial charge >= 0.3 is 0 Å². The zero-order chi connectivity index (χ0) is 20.8. The fraction of sp³-hybridized carbons (Fsp3) is 0.500. The van der Waals surface area contributed by atoms with E-state index in [9.17, 15) is 10.5 Å². The summed E-state index contributed by atoms with van der Waals surface area (Å²) in [5.74, 6) is 0. The molecule has 2 heterocycles. The lowest BCUT2D eigenvalue weighted by molar-refractivity contribution is 1.05. The fourth-order valence-electron chi connectivity index (χ4n) is 4.05. The second kappa shape index (κ2) is 10.1. The van der Waals surface area contributed by atoms with Gasteiger partial charge in [0.1, 0.15) is 17.7 Å². The minimum absolute atomic E-state index is 0.259. The van der Waals surface area contributed by atoms with Crippen molar-refractivity contribution in [1.82, 2.24) is 0 Å². The monoisotopic (exact) mass is 410 g/mol. The van der Waals surface area contributed by atoms with E-state index in [1.165, 1.54) is 41.8 Å². The van der Waals surface area contributed by atoms with Crippen molar-refractivity contribution in [1.29, 1.82) is 10.5 Å². The number of rotatable bonds is 8. The molecular weight excluding hydrogens is 380 g/mol. The van der Waals surface area contributed by atoms with E-state index < -0.39 is 0 Å². The number of aryl methyl sites for hydroxylation is 4. The topological polar surface area (TPSA) is 47.6 Å². The van der Waals surface area contributed by atoms with E-state index in [2.05, 4.69) is 53.7 Å². The summed E-state index contributed by atoms with van der Waals surface area (Å²) in [4.78, 5) is 5.40. The average Bonchev–Trinajstić information content (AvgIpc) is 3.28. The Labute approximate surface area is 178 Å². The molecule has 0 aromatic carbocycles. The van der Waals surface area contributed by atoms with Gasteiger partial charge in [-0.05, 0) is 49.7 Å². The molecule has 2 aromatic rings. The first-order valence-corrected chi connectivity index (χ1v) is 12.0. The SMILES string of the molecule is CCc1sc(CC)c(C(=C(C#N)C#N)c2c(CC)sc(CC)c2CC)c1CC. The number of hydrogen-bond acceptors (Lipinski definition) is 4. The lowest BCUT2D eigenvalue weighted by atomic mass is 9.85. The molecule has 0 saturated carbocycles. The zero-order valence-electron chi connectivity index (χ0n) is 18.0. The number of thiophene rings is 2. The van der Waals surface area contributed by atoms with E-state index in [1.807, 2.05) is 22.7 Å². The minimum atomic E-state index is 0.259. The van der Waals surface area contributed by atoms with E-state index in [4.69, 9.17) is 0 Å². The molecule has 0 unspecified atom stereocenters. The highest BCUT2D eigenvalue weighted by Gasteiger charge is 2.27. The Kier molecular flexibility index (Phi) is 8.05. The molecule has 2 nitrogen and oxygen atoms in total. The smallest absolute Gasteiger partial charge is 0.138 e. The van der Waals surface area contributed by atoms with Crippen LogP contribution < -0.4 is 0 Å². The third-order valence-electron chi connectivity index (χ3n) is 5.29. The molecule has 0 N–H and O–H groups in total. The lowest BCUT2D eigenvalue weighted by Gasteiger charge is -2.15. The van der Waals surface area contributed by atoms with Crippen molar-refractivity contribution in [2.75, 3.05) is 0 Å². The molecule has 0 atom stereocenters. The molecule has 2 aromatic heterocycles. The van der Waals surface area contributed by atoms with Gasteiger partial charge in [0.25, 0.3) is 0 Å². The average molecular weight is 411 g/mol. The number of hydrogen-bond donors (Lipinski definition) is 0. The lowest BCUT2D eigenvalue weighted by Crippen LogP contribution is -2.03. The summed E-state index contributed by atoms with van der Waals surface area (Å²) in [7, 11) is 0. The van der Waals surface area contributed by atoms with Crippen molar-refractivity contribution in [2.24, 2.45) is 0 Å². The zero-order valence-corrected chi connectivity index (χ0v) is 19.6. The molecule has 0 amide bonds. The number of nitrogens with zero attached hydrogens (tertiary/aromatic N) is 2. The standard InChI is InChI=1S/C24H30N2S2/c1-7-16-18(9-3)27-20(11-5)23(16)22(15(13-25)14-26)24-17(8-2)19(10-4)28-21(24)12-6/h7-12H2,1-6H3. The van der Waals surface area contributed by atoms with E-state index >= 15 is 0 Å². The van der Waals surface area contributed by atoms with Crippen LogP contribution in [0.2, 0.25) is 0 Å². The molecule has 148 valence electrons. The molecule has 0 fully saturated rings. The van der Waals surface area contributed by atoms with Crippen molar-refractivity contribution in [3.8, 4) is 12.1 Å². The van der Waals surface area contributed by atoms with Crippen LogP contribution in [0.25, 0.3) is 5.57 Å². The van der Waals surface area contributed by atoms with Gasteiger partial charge in [-0.15, -0.1) is 22.7 Å². The van der Waals surface area contributed by atoms with Crippen LogP contribution in [-0.4, -0.2) is 0 Å². The van der Waals surface area contributed by atoms with Gasteiger partial charge in [-0.25, -0.2) is 0 Å². The largest absolute Gasteiger partial charge is 0.192 e. The van der Waals surface area contributed by atoms with Crippen LogP contribution in [0.15, 0.2) is 5.57 Å². The van der Waals surface area contributed by atoms with E-state index in [0.29, 0.717) is 0 Å². The Bertz CT molecular complexity index is 882. The molecule has 0 bridgehead atoms. The van der Waals surface area contributed by atoms with Crippen LogP contribution in [0, 0.1) is 22.7 Å². The second-order valence-electron chi connectivity index (χ2n) is 6.70. The summed E-state index contributed by atoms with van der Waals surface area (Å²) in [6, 6.07) is 4.47. The highest BCUT2D eigenvalue weighted by atomic mass is 32.1. The molecule has 0 radical (unpaired) electrons. The van der Waals surface area contributed by atoms with Gasteiger partial charge in [0.15, 0.2) is 0 Å². The van der Waals surface area contributed by atoms with Crippen molar-refractivity contribution in [3.05, 3.63) is 47.3 Å². The van der Waals surface area contributed by atoms with Crippen molar-refractivity contribution >= 4 is 28.2 Å². The maximum absolute atomic E-state index is 9.88. The van der Waals surface area contributed by atoms with Crippen LogP contribution in [-0.2, 0) is 38.5 Å². The molecular formula is C24H30N2S2. The summed E-state index contributed by atoms with van der Waals surface area (Å²) in [5.41, 5.74) is 6.17. The van der Waals surface area contributed by atoms with Gasteiger partial charge < -0.3 is 0 Å². The van der Waals surface area contributed by atoms with Crippen molar-refractivity contribution < 1.29 is 0 Å². The number of allylic oxidation sites excluding steroid dienone is 1. The Morgan fingerprint density at radius 2 is 0.964 bits per heavy atom. The molecule has 0 aliphatic heterocycles. The fourth-order valence-corrected chi connectivity index (χ4v) is 6.61. The predicted octanol–water partition coefficient (Wildman–Crippen LogP) is 7.03. The van der Waals surface area contributed by atoms with Crippen LogP contribution in [0.5, 0.6) is 0 Å². The summed E-state index contributed by atoms with van der Waals surface area (Å²) in [6.45, 7) is 13.1. The molecule has 28 heavy (non-hydrogen) atoms. The Balaban J connectivity index is 3.05. The maximum atomic E-state index is 9.88. The van der Waals surface area contributed by atoms with Crippen LogP contribution in [0.1, 0.15) is 83.3 Å². The third kappa shape index (κ3) is 3.82. The molecule has 2 rings (SSSR count). The molecule has 0 spiro atoms. The van der Waals surface area contributed by atoms with Gasteiger partial charge in [-0.1, -0.05) is 41.5 Å². The third-order valence-corrected chi connectivity index (χ3v) is 8.33. The highest BCUT2D eigenvalue weighted by Crippen LogP contribution is 2.44. The molecule has 0 aliphatic rings. The first-order valence-electron chi connectivity index (χ1n) is 10.4. The van der Waals surface area contributed by atoms with Gasteiger partial charge in [0.05, 0.1) is 0 Å². The molecule has 0 aliphatic carbocycles. The van der Waals surface area contributed by atoms with Crippen molar-refractivity contribution in [3.63, 3.8) is 0 Å². The Morgan fingerprint density at radius 3 is 1.21 bits per heavy atom. The Hall–Kier alpha value is -1.88. The Morgan fingerprint density at radius 1 is 0.607 bits per heavy atom. The van der Waals surface area contributed by atoms with Gasteiger partial charge in [0, 0.05) is 36.2 Å². The summed E-state index contributed by atoms with van der Waals surface area (Å²) in [6.07, 6.45) is 5.69. The van der Waals surface area contributed by atoms with Gasteiger partial charge in [0.2, 0.25) is 0 Å². The minimum Gasteiger partial charge on any atom is -0.192 e. The summed E-state index contributed by atoms with van der Waals surface area (Å²) >= 11 is 3.72. The predicted molar refractivity (Wildman–Crippen MR) is 122 cm³/mol. The first kappa shape index (κ1) is 22.4. The first-order chi connectivity index (χ1) is 13.6. The molecule has 4 heteroatoms. The van der Waals surface area contributed by atoms with E-state index in [-0.39, 0.29) is 5.57 Å². The van der Waals surface area contributed by atoms with Crippen LogP contribution >= 0.6 is 22.7 Å². The van der Waals surface area contributed by atoms with Crippen LogP contribution in [0.4, 0.5) is 0 Å². The molecule has 0 saturated heterocycles.